The van der Waals surface area contributed by atoms with Crippen LogP contribution >= 0.6 is 0 Å². The van der Waals surface area contributed by atoms with Gasteiger partial charge in [-0.3, -0.25) is 0 Å². The Morgan fingerprint density at radius 3 is 2.52 bits per heavy atom. The van der Waals surface area contributed by atoms with Crippen molar-refractivity contribution in [1.29, 1.82) is 0 Å². The summed E-state index contributed by atoms with van der Waals surface area (Å²) in [5, 5.41) is 3.40. The summed E-state index contributed by atoms with van der Waals surface area (Å²) in [5.74, 6) is 0.677. The summed E-state index contributed by atoms with van der Waals surface area (Å²) in [6, 6.07) is 14.9. The van der Waals surface area contributed by atoms with E-state index in [1.807, 2.05) is 38.1 Å². The van der Waals surface area contributed by atoms with Crippen LogP contribution in [-0.2, 0) is 6.54 Å². The van der Waals surface area contributed by atoms with E-state index in [1.54, 1.807) is 12.1 Å². The van der Waals surface area contributed by atoms with Gasteiger partial charge in [0, 0.05) is 12.6 Å². The highest BCUT2D eigenvalue weighted by Crippen LogP contribution is 2.20. The van der Waals surface area contributed by atoms with Crippen molar-refractivity contribution in [2.45, 2.75) is 39.5 Å². The molecule has 21 heavy (non-hydrogen) atoms. The number of hydrogen-bond donors (Lipinski definition) is 1. The minimum Gasteiger partial charge on any atom is -0.491 e. The molecule has 2 aromatic carbocycles. The van der Waals surface area contributed by atoms with Crippen molar-refractivity contribution >= 4 is 0 Å². The lowest BCUT2D eigenvalue weighted by Crippen LogP contribution is -2.18. The largest absolute Gasteiger partial charge is 0.491 e. The second-order valence-corrected chi connectivity index (χ2v) is 5.47. The van der Waals surface area contributed by atoms with Crippen LogP contribution in [0.3, 0.4) is 0 Å². The predicted octanol–water partition coefficient (Wildman–Crippen LogP) is 4.46. The summed E-state index contributed by atoms with van der Waals surface area (Å²) in [4.78, 5) is 0. The van der Waals surface area contributed by atoms with Gasteiger partial charge in [0.05, 0.1) is 6.10 Å². The molecule has 0 amide bonds. The van der Waals surface area contributed by atoms with Gasteiger partial charge in [0.25, 0.3) is 0 Å². The lowest BCUT2D eigenvalue weighted by atomic mass is 10.1. The first-order valence-electron chi connectivity index (χ1n) is 7.29. The highest BCUT2D eigenvalue weighted by molar-refractivity contribution is 5.30. The third-order valence-corrected chi connectivity index (χ3v) is 3.23. The van der Waals surface area contributed by atoms with Crippen molar-refractivity contribution in [3.63, 3.8) is 0 Å². The second-order valence-electron chi connectivity index (χ2n) is 5.47. The molecule has 0 heterocycles. The van der Waals surface area contributed by atoms with Crippen LogP contribution in [0.2, 0.25) is 0 Å². The molecule has 0 aliphatic carbocycles. The van der Waals surface area contributed by atoms with Gasteiger partial charge in [-0.25, -0.2) is 4.39 Å². The molecule has 0 bridgehead atoms. The summed E-state index contributed by atoms with van der Waals surface area (Å²) >= 11 is 0. The molecule has 0 radical (unpaired) electrons. The lowest BCUT2D eigenvalue weighted by molar-refractivity contribution is 0.242. The maximum absolute atomic E-state index is 13.1. The molecular weight excluding hydrogens is 265 g/mol. The quantitative estimate of drug-likeness (QED) is 0.846. The first kappa shape index (κ1) is 15.5. The smallest absolute Gasteiger partial charge is 0.123 e. The van der Waals surface area contributed by atoms with Crippen molar-refractivity contribution in [3.05, 3.63) is 65.5 Å². The van der Waals surface area contributed by atoms with Crippen molar-refractivity contribution < 1.29 is 9.13 Å². The maximum Gasteiger partial charge on any atom is 0.123 e. The minimum atomic E-state index is -0.200. The highest BCUT2D eigenvalue weighted by atomic mass is 19.1. The summed E-state index contributed by atoms with van der Waals surface area (Å²) in [5.41, 5.74) is 2.10. The Morgan fingerprint density at radius 1 is 1.05 bits per heavy atom. The first-order chi connectivity index (χ1) is 10.0. The lowest BCUT2D eigenvalue weighted by Gasteiger charge is -2.16. The third kappa shape index (κ3) is 4.87. The Hall–Kier alpha value is -1.87. The molecule has 3 heteroatoms. The fourth-order valence-corrected chi connectivity index (χ4v) is 2.17. The zero-order chi connectivity index (χ0) is 15.2. The van der Waals surface area contributed by atoms with E-state index >= 15 is 0 Å². The van der Waals surface area contributed by atoms with E-state index in [4.69, 9.17) is 4.74 Å². The van der Waals surface area contributed by atoms with Crippen molar-refractivity contribution in [2.24, 2.45) is 0 Å². The van der Waals surface area contributed by atoms with Crippen LogP contribution < -0.4 is 10.1 Å². The van der Waals surface area contributed by atoms with Crippen LogP contribution in [0.5, 0.6) is 5.75 Å². The summed E-state index contributed by atoms with van der Waals surface area (Å²) < 4.78 is 18.9. The number of rotatable bonds is 6. The molecule has 0 aromatic heterocycles. The topological polar surface area (TPSA) is 21.3 Å². The van der Waals surface area contributed by atoms with E-state index in [9.17, 15) is 4.39 Å². The second kappa shape index (κ2) is 7.23. The molecule has 0 aliphatic rings. The van der Waals surface area contributed by atoms with Crippen molar-refractivity contribution in [1.82, 2.24) is 5.32 Å². The highest BCUT2D eigenvalue weighted by Gasteiger charge is 2.07. The first-order valence-corrected chi connectivity index (χ1v) is 7.29. The SMILES string of the molecule is CC(C)Oc1cccc(C(C)NCc2cccc(F)c2)c1. The van der Waals surface area contributed by atoms with Crippen LogP contribution in [0.4, 0.5) is 4.39 Å². The molecule has 0 saturated heterocycles. The van der Waals surface area contributed by atoms with Gasteiger partial charge in [-0.15, -0.1) is 0 Å². The molecule has 0 fully saturated rings. The Bertz CT molecular complexity index is 583. The summed E-state index contributed by atoms with van der Waals surface area (Å²) in [6.07, 6.45) is 0.163. The monoisotopic (exact) mass is 287 g/mol. The van der Waals surface area contributed by atoms with Crippen LogP contribution in [0, 0.1) is 5.82 Å². The van der Waals surface area contributed by atoms with E-state index in [0.717, 1.165) is 16.9 Å². The van der Waals surface area contributed by atoms with Crippen LogP contribution in [0.1, 0.15) is 37.9 Å². The standard InChI is InChI=1S/C18H22FNO/c1-13(2)21-18-9-5-7-16(11-18)14(3)20-12-15-6-4-8-17(19)10-15/h4-11,13-14,20H,12H2,1-3H3. The van der Waals surface area contributed by atoms with E-state index in [1.165, 1.54) is 6.07 Å². The zero-order valence-corrected chi connectivity index (χ0v) is 12.8. The fourth-order valence-electron chi connectivity index (χ4n) is 2.17. The Balaban J connectivity index is 1.98. The molecule has 1 unspecified atom stereocenters. The average molecular weight is 287 g/mol. The predicted molar refractivity (Wildman–Crippen MR) is 83.9 cm³/mol. The maximum atomic E-state index is 13.1. The van der Waals surface area contributed by atoms with Crippen molar-refractivity contribution in [3.8, 4) is 5.75 Å². The van der Waals surface area contributed by atoms with E-state index in [2.05, 4.69) is 18.3 Å². The zero-order valence-electron chi connectivity index (χ0n) is 12.8. The fraction of sp³-hybridized carbons (Fsp3) is 0.333. The Kier molecular flexibility index (Phi) is 5.34. The van der Waals surface area contributed by atoms with Crippen LogP contribution in [0.15, 0.2) is 48.5 Å². The average Bonchev–Trinajstić information content (AvgIpc) is 2.44. The van der Waals surface area contributed by atoms with Gasteiger partial charge in [-0.2, -0.15) is 0 Å². The normalized spacial score (nSPS) is 12.4. The number of nitrogens with one attached hydrogen (secondary N) is 1. The third-order valence-electron chi connectivity index (χ3n) is 3.23. The molecule has 0 saturated carbocycles. The summed E-state index contributed by atoms with van der Waals surface area (Å²) in [6.45, 7) is 6.75. The molecule has 112 valence electrons. The van der Waals surface area contributed by atoms with Gasteiger partial charge >= 0.3 is 0 Å². The molecule has 2 aromatic rings. The molecular formula is C18H22FNO. The Labute approximate surface area is 126 Å². The summed E-state index contributed by atoms with van der Waals surface area (Å²) in [7, 11) is 0. The van der Waals surface area contributed by atoms with Gasteiger partial charge < -0.3 is 10.1 Å². The molecule has 0 aliphatic heterocycles. The van der Waals surface area contributed by atoms with Crippen molar-refractivity contribution in [2.75, 3.05) is 0 Å². The van der Waals surface area contributed by atoms with Gasteiger partial charge in [-0.05, 0) is 56.2 Å². The number of benzene rings is 2. The number of halogens is 1. The molecule has 1 atom stereocenters. The number of hydrogen-bond acceptors (Lipinski definition) is 2. The molecule has 2 rings (SSSR count). The Morgan fingerprint density at radius 2 is 1.81 bits per heavy atom. The van der Waals surface area contributed by atoms with E-state index < -0.39 is 0 Å². The molecule has 0 spiro atoms. The van der Waals surface area contributed by atoms with Gasteiger partial charge in [0.1, 0.15) is 11.6 Å². The van der Waals surface area contributed by atoms with Gasteiger partial charge in [0.2, 0.25) is 0 Å². The number of ether oxygens (including phenoxy) is 1. The van der Waals surface area contributed by atoms with Gasteiger partial charge in [0.15, 0.2) is 0 Å². The van der Waals surface area contributed by atoms with E-state index in [-0.39, 0.29) is 18.0 Å². The van der Waals surface area contributed by atoms with E-state index in [0.29, 0.717) is 6.54 Å². The van der Waals surface area contributed by atoms with Crippen LogP contribution in [0.25, 0.3) is 0 Å². The molecule has 1 N–H and O–H groups in total. The minimum absolute atomic E-state index is 0.163. The molecule has 2 nitrogen and oxygen atoms in total. The van der Waals surface area contributed by atoms with Gasteiger partial charge in [-0.1, -0.05) is 24.3 Å². The van der Waals surface area contributed by atoms with Crippen LogP contribution in [-0.4, -0.2) is 6.10 Å².